The van der Waals surface area contributed by atoms with E-state index < -0.39 is 0 Å². The molecule has 1 aromatic rings. The molecule has 7 nitrogen and oxygen atoms in total. The van der Waals surface area contributed by atoms with E-state index in [4.69, 9.17) is 10.5 Å². The summed E-state index contributed by atoms with van der Waals surface area (Å²) in [7, 11) is 0. The number of hydrogen-bond acceptors (Lipinski definition) is 7. The molecular weight excluding hydrogens is 312 g/mol. The molecule has 2 amide bonds. The van der Waals surface area contributed by atoms with Crippen LogP contribution in [0.3, 0.4) is 0 Å². The molecule has 116 valence electrons. The Morgan fingerprint density at radius 2 is 2.38 bits per heavy atom. The van der Waals surface area contributed by atoms with Crippen molar-refractivity contribution in [3.63, 3.8) is 0 Å². The van der Waals surface area contributed by atoms with Gasteiger partial charge in [-0.25, -0.2) is 4.98 Å². The third kappa shape index (κ3) is 4.40. The van der Waals surface area contributed by atoms with E-state index in [1.807, 2.05) is 13.8 Å². The van der Waals surface area contributed by atoms with Gasteiger partial charge in [0, 0.05) is 6.54 Å². The summed E-state index contributed by atoms with van der Waals surface area (Å²) in [5.74, 6) is -0.343. The number of thiazole rings is 1. The molecule has 0 aromatic carbocycles. The highest BCUT2D eigenvalue weighted by Gasteiger charge is 2.29. The highest BCUT2D eigenvalue weighted by Crippen LogP contribution is 2.31. The zero-order valence-electron chi connectivity index (χ0n) is 11.8. The second-order valence-corrected chi connectivity index (χ2v) is 6.89. The summed E-state index contributed by atoms with van der Waals surface area (Å²) in [5, 5.41) is 6.43. The summed E-state index contributed by atoms with van der Waals surface area (Å²) in [6.07, 6.45) is -0.177. The van der Waals surface area contributed by atoms with Gasteiger partial charge in [0.2, 0.25) is 11.8 Å². The molecule has 2 heterocycles. The van der Waals surface area contributed by atoms with Gasteiger partial charge in [0.1, 0.15) is 6.04 Å². The van der Waals surface area contributed by atoms with Crippen molar-refractivity contribution in [2.75, 3.05) is 24.2 Å². The van der Waals surface area contributed by atoms with E-state index in [9.17, 15) is 9.59 Å². The van der Waals surface area contributed by atoms with Crippen LogP contribution in [0.4, 0.5) is 5.13 Å². The van der Waals surface area contributed by atoms with Gasteiger partial charge < -0.3 is 21.1 Å². The molecule has 1 aromatic heterocycles. The topological polar surface area (TPSA) is 106 Å². The molecule has 0 bridgehead atoms. The Morgan fingerprint density at radius 1 is 1.62 bits per heavy atom. The third-order valence-electron chi connectivity index (χ3n) is 2.93. The number of thioether (sulfide) groups is 1. The lowest BCUT2D eigenvalue weighted by atomic mass is 10.1. The van der Waals surface area contributed by atoms with E-state index in [1.165, 1.54) is 23.1 Å². The van der Waals surface area contributed by atoms with E-state index in [-0.39, 0.29) is 29.7 Å². The maximum Gasteiger partial charge on any atom is 0.245 e. The van der Waals surface area contributed by atoms with Crippen LogP contribution in [0.25, 0.3) is 0 Å². The van der Waals surface area contributed by atoms with Crippen molar-refractivity contribution >= 4 is 40.0 Å². The highest BCUT2D eigenvalue weighted by molar-refractivity contribution is 8.01. The zero-order valence-corrected chi connectivity index (χ0v) is 13.5. The molecule has 0 radical (unpaired) electrons. The van der Waals surface area contributed by atoms with Gasteiger partial charge in [0.25, 0.3) is 0 Å². The van der Waals surface area contributed by atoms with Crippen LogP contribution in [0, 0.1) is 6.92 Å². The standard InChI is InChI=1S/C12H18N4O3S2/c1-6-11(20-5-8(13)17)21-12(15-6)16-10(18)9-7(2)19-4-3-14-9/h7,9,14H,3-5H2,1-2H3,(H2,13,17)(H,15,16,18)/t7-,9+/m1/s1. The van der Waals surface area contributed by atoms with Crippen molar-refractivity contribution in [1.29, 1.82) is 0 Å². The van der Waals surface area contributed by atoms with Crippen molar-refractivity contribution in [3.8, 4) is 0 Å². The van der Waals surface area contributed by atoms with Crippen molar-refractivity contribution in [2.45, 2.75) is 30.2 Å². The van der Waals surface area contributed by atoms with Crippen LogP contribution in [0.5, 0.6) is 0 Å². The molecule has 21 heavy (non-hydrogen) atoms. The van der Waals surface area contributed by atoms with Crippen LogP contribution in [0.2, 0.25) is 0 Å². The second kappa shape index (κ2) is 7.21. The Labute approximate surface area is 131 Å². The molecule has 9 heteroatoms. The van der Waals surface area contributed by atoms with Gasteiger partial charge in [-0.15, -0.1) is 11.8 Å². The lowest BCUT2D eigenvalue weighted by Crippen LogP contribution is -2.53. The molecule has 0 saturated carbocycles. The zero-order chi connectivity index (χ0) is 15.4. The SMILES string of the molecule is Cc1nc(NC(=O)[C@H]2NCCO[C@@H]2C)sc1SCC(N)=O. The van der Waals surface area contributed by atoms with Crippen molar-refractivity contribution < 1.29 is 14.3 Å². The number of nitrogens with two attached hydrogens (primary N) is 1. The van der Waals surface area contributed by atoms with Crippen LogP contribution < -0.4 is 16.4 Å². The number of nitrogens with one attached hydrogen (secondary N) is 2. The fraction of sp³-hybridized carbons (Fsp3) is 0.583. The average molecular weight is 330 g/mol. The monoisotopic (exact) mass is 330 g/mol. The molecule has 1 saturated heterocycles. The van der Waals surface area contributed by atoms with Gasteiger partial charge in [0.05, 0.1) is 28.4 Å². The third-order valence-corrected chi connectivity index (χ3v) is 5.39. The lowest BCUT2D eigenvalue weighted by Gasteiger charge is -2.28. The van der Waals surface area contributed by atoms with E-state index in [0.29, 0.717) is 18.3 Å². The number of anilines is 1. The summed E-state index contributed by atoms with van der Waals surface area (Å²) < 4.78 is 6.33. The summed E-state index contributed by atoms with van der Waals surface area (Å²) in [5.41, 5.74) is 5.90. The minimum Gasteiger partial charge on any atom is -0.375 e. The second-order valence-electron chi connectivity index (χ2n) is 4.64. The van der Waals surface area contributed by atoms with Crippen molar-refractivity contribution in [2.24, 2.45) is 5.73 Å². The quantitative estimate of drug-likeness (QED) is 0.672. The molecule has 2 rings (SSSR count). The Kier molecular flexibility index (Phi) is 5.57. The molecular formula is C12H18N4O3S2. The number of carbonyl (C=O) groups excluding carboxylic acids is 2. The Bertz CT molecular complexity index is 535. The Hall–Kier alpha value is -1.16. The van der Waals surface area contributed by atoms with Gasteiger partial charge in [-0.1, -0.05) is 11.3 Å². The number of morpholine rings is 1. The predicted molar refractivity (Wildman–Crippen MR) is 82.6 cm³/mol. The number of nitrogens with zero attached hydrogens (tertiary/aromatic N) is 1. The summed E-state index contributed by atoms with van der Waals surface area (Å²) >= 11 is 2.67. The first-order valence-corrected chi connectivity index (χ1v) is 8.32. The first kappa shape index (κ1) is 16.2. The smallest absolute Gasteiger partial charge is 0.245 e. The van der Waals surface area contributed by atoms with Crippen LogP contribution in [0.1, 0.15) is 12.6 Å². The van der Waals surface area contributed by atoms with Gasteiger partial charge >= 0.3 is 0 Å². The first-order valence-electron chi connectivity index (χ1n) is 6.51. The lowest BCUT2D eigenvalue weighted by molar-refractivity contribution is -0.123. The number of rotatable bonds is 5. The maximum atomic E-state index is 12.2. The predicted octanol–water partition coefficient (Wildman–Crippen LogP) is 0.344. The first-order chi connectivity index (χ1) is 9.97. The number of aromatic nitrogens is 1. The number of amides is 2. The average Bonchev–Trinajstić information content (AvgIpc) is 2.76. The van der Waals surface area contributed by atoms with E-state index in [0.717, 1.165) is 9.90 Å². The summed E-state index contributed by atoms with van der Waals surface area (Å²) in [6, 6.07) is -0.385. The van der Waals surface area contributed by atoms with Crippen LogP contribution in [-0.2, 0) is 14.3 Å². The molecule has 0 spiro atoms. The Balaban J connectivity index is 1.97. The summed E-state index contributed by atoms with van der Waals surface area (Å²) in [4.78, 5) is 27.3. The minimum atomic E-state index is -0.385. The number of hydrogen-bond donors (Lipinski definition) is 3. The number of carbonyl (C=O) groups is 2. The number of aryl methyl sites for hydroxylation is 1. The normalized spacial score (nSPS) is 22.0. The van der Waals surface area contributed by atoms with E-state index in [1.54, 1.807) is 0 Å². The highest BCUT2D eigenvalue weighted by atomic mass is 32.2. The molecule has 2 atom stereocenters. The van der Waals surface area contributed by atoms with Gasteiger partial charge in [0.15, 0.2) is 5.13 Å². The van der Waals surface area contributed by atoms with Gasteiger partial charge in [-0.3, -0.25) is 9.59 Å². The maximum absolute atomic E-state index is 12.2. The molecule has 1 fully saturated rings. The van der Waals surface area contributed by atoms with Crippen LogP contribution in [0.15, 0.2) is 4.21 Å². The minimum absolute atomic E-state index is 0.164. The fourth-order valence-corrected chi connectivity index (χ4v) is 3.80. The van der Waals surface area contributed by atoms with Crippen molar-refractivity contribution in [3.05, 3.63) is 5.69 Å². The van der Waals surface area contributed by atoms with E-state index >= 15 is 0 Å². The van der Waals surface area contributed by atoms with Gasteiger partial charge in [-0.05, 0) is 13.8 Å². The van der Waals surface area contributed by atoms with Crippen LogP contribution in [-0.4, -0.2) is 47.8 Å². The van der Waals surface area contributed by atoms with Crippen molar-refractivity contribution in [1.82, 2.24) is 10.3 Å². The molecule has 1 aliphatic rings. The molecule has 0 aliphatic carbocycles. The Morgan fingerprint density at radius 3 is 3.05 bits per heavy atom. The summed E-state index contributed by atoms with van der Waals surface area (Å²) in [6.45, 7) is 4.95. The fourth-order valence-electron chi connectivity index (χ4n) is 1.92. The van der Waals surface area contributed by atoms with Gasteiger partial charge in [-0.2, -0.15) is 0 Å². The van der Waals surface area contributed by atoms with E-state index in [2.05, 4.69) is 15.6 Å². The van der Waals surface area contributed by atoms with Crippen LogP contribution >= 0.6 is 23.1 Å². The number of primary amides is 1. The molecule has 1 aliphatic heterocycles. The number of ether oxygens (including phenoxy) is 1. The molecule has 0 unspecified atom stereocenters. The largest absolute Gasteiger partial charge is 0.375 e. The molecule has 4 N–H and O–H groups in total.